The Balaban J connectivity index is 0.00000361. The molecule has 0 aliphatic rings. The summed E-state index contributed by atoms with van der Waals surface area (Å²) in [5.74, 6) is 0. The number of para-hydroxylation sites is 1. The molecule has 20 heavy (non-hydrogen) atoms. The molecule has 2 N–H and O–H groups in total. The first-order valence-corrected chi connectivity index (χ1v) is 6.08. The molecule has 0 aliphatic heterocycles. The van der Waals surface area contributed by atoms with E-state index in [0.717, 1.165) is 5.69 Å². The van der Waals surface area contributed by atoms with Crippen molar-refractivity contribution in [3.8, 4) is 0 Å². The fraction of sp³-hybridized carbons (Fsp3) is 0.0909. The minimum atomic E-state index is 0. The molecule has 0 unspecified atom stereocenters. The van der Waals surface area contributed by atoms with Crippen molar-refractivity contribution in [3.63, 3.8) is 0 Å². The molecule has 0 aromatic heterocycles. The van der Waals surface area contributed by atoms with Crippen LogP contribution in [0, 0.1) is 0 Å². The summed E-state index contributed by atoms with van der Waals surface area (Å²) in [7, 11) is 1.67. The largest absolute Gasteiger partial charge is 2.00 e. The Labute approximate surface area is 141 Å². The zero-order chi connectivity index (χ0) is 13.9. The van der Waals surface area contributed by atoms with Gasteiger partial charge in [0.05, 0.1) is 12.4 Å². The molecule has 0 radical (unpaired) electrons. The maximum atomic E-state index is 4.98. The normalized spacial score (nSPS) is 12.4. The van der Waals surface area contributed by atoms with E-state index in [0.29, 0.717) is 5.17 Å². The summed E-state index contributed by atoms with van der Waals surface area (Å²) in [5.41, 5.74) is 0.856. The van der Waals surface area contributed by atoms with Gasteiger partial charge < -0.3 is 35.9 Å². The van der Waals surface area contributed by atoms with E-state index in [2.05, 4.69) is 31.0 Å². The quantitative estimate of drug-likeness (QED) is 0.278. The van der Waals surface area contributed by atoms with Crippen LogP contribution in [0.3, 0.4) is 0 Å². The maximum absolute atomic E-state index is 4.98. The van der Waals surface area contributed by atoms with Gasteiger partial charge in [0, 0.05) is 17.9 Å². The van der Waals surface area contributed by atoms with E-state index < -0.39 is 0 Å². The predicted octanol–water partition coefficient (Wildman–Crippen LogP) is 1.09. The molecule has 0 atom stereocenters. The van der Waals surface area contributed by atoms with Crippen molar-refractivity contribution in [2.24, 2.45) is 20.4 Å². The molecule has 1 rings (SSSR count). The summed E-state index contributed by atoms with van der Waals surface area (Å²) in [4.78, 5) is 0. The zero-order valence-electron chi connectivity index (χ0n) is 10.9. The van der Waals surface area contributed by atoms with Gasteiger partial charge in [-0.15, -0.1) is 0 Å². The Morgan fingerprint density at radius 1 is 1.00 bits per heavy atom. The first kappa shape index (κ1) is 18.6. The molecular formula is C11H12N6S2Zn. The van der Waals surface area contributed by atoms with Crippen LogP contribution < -0.4 is 10.6 Å². The molecular weight excluding hydrogens is 346 g/mol. The molecule has 1 aromatic rings. The van der Waals surface area contributed by atoms with Gasteiger partial charge in [-0.3, -0.25) is 0 Å². The van der Waals surface area contributed by atoms with Crippen LogP contribution in [0.15, 0.2) is 50.7 Å². The average Bonchev–Trinajstić information content (AvgIpc) is 2.43. The van der Waals surface area contributed by atoms with Gasteiger partial charge in [0.2, 0.25) is 0 Å². The first-order chi connectivity index (χ1) is 9.22. The number of hydrogen-bond acceptors (Lipinski definition) is 6. The van der Waals surface area contributed by atoms with E-state index in [1.54, 1.807) is 7.05 Å². The molecule has 0 bridgehead atoms. The fourth-order valence-electron chi connectivity index (χ4n) is 0.951. The summed E-state index contributed by atoms with van der Waals surface area (Å²) in [6, 6.07) is 9.47. The molecule has 0 heterocycles. The van der Waals surface area contributed by atoms with Crippen LogP contribution >= 0.6 is 0 Å². The van der Waals surface area contributed by atoms with Crippen LogP contribution in [0.1, 0.15) is 0 Å². The minimum absolute atomic E-state index is 0. The summed E-state index contributed by atoms with van der Waals surface area (Å²) < 4.78 is 0. The molecule has 0 saturated carbocycles. The first-order valence-electron chi connectivity index (χ1n) is 5.27. The number of nitrogens with zero attached hydrogens (tertiary/aromatic N) is 4. The standard InChI is InChI=1S/C11H14N6S2.Zn/c1-12-10(18)16-13-7-8-14-17-11(19)15-9-5-3-2-4-6-9;/h2-8H,1H3,(H2,12,16,18)(H2,15,17,19);/q;+2/p-2/b13-7+,14-8+;. The van der Waals surface area contributed by atoms with Gasteiger partial charge >= 0.3 is 19.5 Å². The van der Waals surface area contributed by atoms with Crippen LogP contribution in [0.2, 0.25) is 0 Å². The van der Waals surface area contributed by atoms with E-state index in [-0.39, 0.29) is 24.6 Å². The fourth-order valence-corrected chi connectivity index (χ4v) is 1.16. The number of amidine groups is 2. The molecule has 0 amide bonds. The molecule has 1 aromatic carbocycles. The molecule has 6 nitrogen and oxygen atoms in total. The summed E-state index contributed by atoms with van der Waals surface area (Å²) >= 11 is 9.74. The second-order valence-corrected chi connectivity index (χ2v) is 3.85. The smallest absolute Gasteiger partial charge is 0.741 e. The third-order valence-electron chi connectivity index (χ3n) is 1.74. The van der Waals surface area contributed by atoms with Crippen molar-refractivity contribution in [1.29, 1.82) is 0 Å². The van der Waals surface area contributed by atoms with Gasteiger partial charge in [0.25, 0.3) is 0 Å². The maximum Gasteiger partial charge on any atom is 2.00 e. The average molecular weight is 358 g/mol. The van der Waals surface area contributed by atoms with Gasteiger partial charge in [-0.25, -0.2) is 0 Å². The second-order valence-electron chi connectivity index (χ2n) is 3.08. The molecule has 0 spiro atoms. The van der Waals surface area contributed by atoms with E-state index >= 15 is 0 Å². The van der Waals surface area contributed by atoms with Crippen molar-refractivity contribution in [2.45, 2.75) is 0 Å². The van der Waals surface area contributed by atoms with Crippen molar-refractivity contribution < 1.29 is 19.5 Å². The zero-order valence-corrected chi connectivity index (χ0v) is 15.5. The van der Waals surface area contributed by atoms with Crippen molar-refractivity contribution in [2.75, 3.05) is 12.4 Å². The van der Waals surface area contributed by atoms with Gasteiger partial charge in [-0.2, -0.15) is 20.4 Å². The summed E-state index contributed by atoms with van der Waals surface area (Å²) in [5, 5.41) is 20.9. The van der Waals surface area contributed by atoms with Crippen LogP contribution in [-0.4, -0.2) is 29.8 Å². The molecule has 9 heteroatoms. The topological polar surface area (TPSA) is 73.5 Å². The van der Waals surface area contributed by atoms with E-state index in [4.69, 9.17) is 25.3 Å². The Bertz CT molecular complexity index is 501. The number of benzene rings is 1. The number of nitrogens with one attached hydrogen (secondary N) is 2. The van der Waals surface area contributed by atoms with E-state index in [1.165, 1.54) is 12.4 Å². The Hall–Kier alpha value is -1.44. The molecule has 0 saturated heterocycles. The third kappa shape index (κ3) is 8.63. The van der Waals surface area contributed by atoms with Crippen molar-refractivity contribution in [3.05, 3.63) is 30.3 Å². The number of anilines is 1. The Morgan fingerprint density at radius 2 is 1.55 bits per heavy atom. The molecule has 0 aliphatic carbocycles. The van der Waals surface area contributed by atoms with Crippen LogP contribution in [0.5, 0.6) is 0 Å². The van der Waals surface area contributed by atoms with Gasteiger partial charge in [0.15, 0.2) is 0 Å². The Morgan fingerprint density at radius 3 is 2.10 bits per heavy atom. The van der Waals surface area contributed by atoms with Crippen molar-refractivity contribution in [1.82, 2.24) is 5.32 Å². The van der Waals surface area contributed by atoms with Crippen LogP contribution in [0.25, 0.3) is 0 Å². The second kappa shape index (κ2) is 11.4. The monoisotopic (exact) mass is 356 g/mol. The van der Waals surface area contributed by atoms with Crippen LogP contribution in [-0.2, 0) is 44.7 Å². The predicted molar refractivity (Wildman–Crippen MR) is 85.7 cm³/mol. The SMILES string of the molecule is CN/C([S-])=N/N=C/C=N/N=C(\[S-])Nc1ccccc1.[Zn+2]. The van der Waals surface area contributed by atoms with Crippen LogP contribution in [0.4, 0.5) is 5.69 Å². The summed E-state index contributed by atoms with van der Waals surface area (Å²) in [6.45, 7) is 0. The number of hydrogen-bond donors (Lipinski definition) is 2. The summed E-state index contributed by atoms with van der Waals surface area (Å²) in [6.07, 6.45) is 2.72. The van der Waals surface area contributed by atoms with Gasteiger partial charge in [0.1, 0.15) is 0 Å². The molecule has 100 valence electrons. The Kier molecular flexibility index (Phi) is 10.6. The van der Waals surface area contributed by atoms with Gasteiger partial charge in [-0.05, 0) is 17.3 Å². The molecule has 0 fully saturated rings. The van der Waals surface area contributed by atoms with E-state index in [1.807, 2.05) is 30.3 Å². The van der Waals surface area contributed by atoms with Gasteiger partial charge in [-0.1, -0.05) is 18.2 Å². The third-order valence-corrected chi connectivity index (χ3v) is 2.21. The van der Waals surface area contributed by atoms with E-state index in [9.17, 15) is 0 Å². The minimum Gasteiger partial charge on any atom is -0.741 e. The number of rotatable bonds is 4. The van der Waals surface area contributed by atoms with Crippen molar-refractivity contribution >= 4 is 53.7 Å².